The van der Waals surface area contributed by atoms with Crippen LogP contribution in [0.4, 0.5) is 31.1 Å². The molecule has 0 spiro atoms. The van der Waals surface area contributed by atoms with Crippen LogP contribution in [-0.2, 0) is 48.1 Å². The van der Waals surface area contributed by atoms with E-state index in [1.807, 2.05) is 0 Å². The molecule has 0 bridgehead atoms. The first-order valence-electron chi connectivity index (χ1n) is 16.1. The Kier molecular flexibility index (Phi) is 14.1. The van der Waals surface area contributed by atoms with Gasteiger partial charge in [-0.15, -0.1) is 0 Å². The molecule has 1 N–H and O–H groups in total. The van der Waals surface area contributed by atoms with Crippen LogP contribution in [0.15, 0.2) is 42.5 Å². The first-order valence-corrected chi connectivity index (χ1v) is 17.6. The average Bonchev–Trinajstić information content (AvgIpc) is 2.90. The molecule has 2 rings (SSSR count). The van der Waals surface area contributed by atoms with Crippen LogP contribution in [0.5, 0.6) is 5.75 Å². The van der Waals surface area contributed by atoms with Crippen molar-refractivity contribution in [3.63, 3.8) is 0 Å². The third-order valence-electron chi connectivity index (χ3n) is 6.58. The van der Waals surface area contributed by atoms with Gasteiger partial charge in [-0.1, -0.05) is 18.2 Å². The van der Waals surface area contributed by atoms with Crippen LogP contribution < -0.4 is 10.1 Å². The number of hydrogen-bond acceptors (Lipinski definition) is 7. The van der Waals surface area contributed by atoms with E-state index in [-0.39, 0.29) is 31.4 Å². The van der Waals surface area contributed by atoms with Crippen molar-refractivity contribution in [2.24, 2.45) is 0 Å². The van der Waals surface area contributed by atoms with Gasteiger partial charge in [-0.25, -0.2) is 9.36 Å². The minimum atomic E-state index is -4.76. The van der Waals surface area contributed by atoms with Gasteiger partial charge in [0.15, 0.2) is 0 Å². The first-order chi connectivity index (χ1) is 22.5. The molecule has 1 atom stereocenters. The summed E-state index contributed by atoms with van der Waals surface area (Å²) >= 11 is 0. The van der Waals surface area contributed by atoms with Crippen molar-refractivity contribution in [1.29, 1.82) is 0 Å². The zero-order chi connectivity index (χ0) is 38.4. The molecule has 1 amide bonds. The van der Waals surface area contributed by atoms with Crippen molar-refractivity contribution in [3.05, 3.63) is 64.7 Å². The molecular weight excluding hydrogens is 691 g/mol. The van der Waals surface area contributed by atoms with Gasteiger partial charge < -0.3 is 14.8 Å². The van der Waals surface area contributed by atoms with Crippen molar-refractivity contribution in [3.8, 4) is 5.75 Å². The van der Waals surface area contributed by atoms with Gasteiger partial charge in [0, 0.05) is 0 Å². The lowest BCUT2D eigenvalue weighted by Crippen LogP contribution is -2.51. The zero-order valence-electron chi connectivity index (χ0n) is 30.4. The third kappa shape index (κ3) is 16.0. The standard InChI is InChI=1S/C35H50F6NO7P/c1-30(2,3)47-29(43)42-33(10,23-46-50(44,48-31(4,5)6)49-32(7,8)9)20-19-25-15-18-28(27(22-25)35(39,40)41)45-21-11-12-24-13-16-26(17-14-24)34(36,37)38/h13-18,22H,11-12,19-21,23H2,1-10H3,(H,42,43). The largest absolute Gasteiger partial charge is 0.493 e. The number of rotatable bonds is 14. The highest BCUT2D eigenvalue weighted by atomic mass is 31.2. The highest BCUT2D eigenvalue weighted by Gasteiger charge is 2.41. The van der Waals surface area contributed by atoms with Crippen molar-refractivity contribution >= 4 is 13.9 Å². The Labute approximate surface area is 291 Å². The number of phosphoric ester groups is 1. The monoisotopic (exact) mass is 741 g/mol. The van der Waals surface area contributed by atoms with Crippen LogP contribution in [0.2, 0.25) is 0 Å². The summed E-state index contributed by atoms with van der Waals surface area (Å²) in [5, 5.41) is 2.71. The lowest BCUT2D eigenvalue weighted by Gasteiger charge is -2.35. The minimum absolute atomic E-state index is 0.0253. The highest BCUT2D eigenvalue weighted by molar-refractivity contribution is 7.48. The number of benzene rings is 2. The maximum absolute atomic E-state index is 14.1. The second-order valence-electron chi connectivity index (χ2n) is 15.3. The molecule has 8 nitrogen and oxygen atoms in total. The van der Waals surface area contributed by atoms with Gasteiger partial charge in [-0.2, -0.15) is 26.3 Å². The zero-order valence-corrected chi connectivity index (χ0v) is 31.3. The van der Waals surface area contributed by atoms with Gasteiger partial charge >= 0.3 is 26.3 Å². The van der Waals surface area contributed by atoms with Crippen LogP contribution >= 0.6 is 7.82 Å². The molecule has 0 aliphatic heterocycles. The predicted octanol–water partition coefficient (Wildman–Crippen LogP) is 10.7. The molecule has 2 aromatic carbocycles. The second-order valence-corrected chi connectivity index (χ2v) is 16.8. The summed E-state index contributed by atoms with van der Waals surface area (Å²) in [7, 11) is -4.22. The van der Waals surface area contributed by atoms with Gasteiger partial charge in [0.05, 0.1) is 41.1 Å². The van der Waals surface area contributed by atoms with E-state index in [4.69, 9.17) is 23.0 Å². The number of aryl methyl sites for hydroxylation is 2. The number of hydrogen-bond donors (Lipinski definition) is 1. The molecule has 50 heavy (non-hydrogen) atoms. The Morgan fingerprint density at radius 1 is 0.720 bits per heavy atom. The number of carbonyl (C=O) groups is 1. The summed E-state index contributed by atoms with van der Waals surface area (Å²) in [6.45, 7) is 16.1. The topological polar surface area (TPSA) is 92.3 Å². The number of alkyl halides is 6. The summed E-state index contributed by atoms with van der Waals surface area (Å²) < 4.78 is 123. The van der Waals surface area contributed by atoms with Gasteiger partial charge in [-0.05, 0) is 130 Å². The lowest BCUT2D eigenvalue weighted by molar-refractivity contribution is -0.139. The number of alkyl carbamates (subject to hydrolysis) is 1. The summed E-state index contributed by atoms with van der Waals surface area (Å²) in [5.41, 5.74) is -4.98. The van der Waals surface area contributed by atoms with Crippen molar-refractivity contribution in [2.45, 2.75) is 130 Å². The molecule has 2 aromatic rings. The number of amides is 1. The number of halogens is 6. The molecule has 0 saturated carbocycles. The number of carbonyl (C=O) groups excluding carboxylic acids is 1. The van der Waals surface area contributed by atoms with Crippen LogP contribution in [0.3, 0.4) is 0 Å². The fraction of sp³-hybridized carbons (Fsp3) is 0.629. The maximum atomic E-state index is 14.1. The summed E-state index contributed by atoms with van der Waals surface area (Å²) in [4.78, 5) is 12.8. The Bertz CT molecular complexity index is 1440. The van der Waals surface area contributed by atoms with E-state index >= 15 is 0 Å². The summed E-state index contributed by atoms with van der Waals surface area (Å²) in [5.74, 6) is -0.397. The third-order valence-corrected chi connectivity index (χ3v) is 8.57. The van der Waals surface area contributed by atoms with E-state index in [1.165, 1.54) is 24.3 Å². The molecule has 0 saturated heterocycles. The molecule has 0 heterocycles. The Morgan fingerprint density at radius 2 is 1.26 bits per heavy atom. The minimum Gasteiger partial charge on any atom is -0.493 e. The van der Waals surface area contributed by atoms with Gasteiger partial charge in [0.2, 0.25) is 0 Å². The molecular formula is C35H50F6NO7P. The average molecular weight is 742 g/mol. The Hall–Kier alpha value is -2.80. The van der Waals surface area contributed by atoms with Crippen LogP contribution in [0.25, 0.3) is 0 Å². The molecule has 1 unspecified atom stereocenters. The SMILES string of the molecule is CC(CCc1ccc(OCCCc2ccc(C(F)(F)F)cc2)c(C(F)(F)F)c1)(COP(=O)(OC(C)(C)C)OC(C)(C)C)NC(=O)OC(C)(C)C. The maximum Gasteiger partial charge on any atom is 0.475 e. The van der Waals surface area contributed by atoms with E-state index in [2.05, 4.69) is 5.32 Å². The smallest absolute Gasteiger partial charge is 0.475 e. The van der Waals surface area contributed by atoms with E-state index in [9.17, 15) is 35.7 Å². The van der Waals surface area contributed by atoms with Gasteiger partial charge in [-0.3, -0.25) is 13.6 Å². The van der Waals surface area contributed by atoms with Crippen molar-refractivity contribution < 1.29 is 58.7 Å². The van der Waals surface area contributed by atoms with Crippen molar-refractivity contribution in [1.82, 2.24) is 5.32 Å². The number of phosphoric acid groups is 1. The van der Waals surface area contributed by atoms with Crippen LogP contribution in [0.1, 0.15) is 104 Å². The van der Waals surface area contributed by atoms with Crippen LogP contribution in [0, 0.1) is 0 Å². The molecule has 15 heteroatoms. The van der Waals surface area contributed by atoms with E-state index < -0.39 is 72.1 Å². The first kappa shape index (κ1) is 43.4. The lowest BCUT2D eigenvalue weighted by atomic mass is 9.93. The van der Waals surface area contributed by atoms with E-state index in [0.717, 1.165) is 18.2 Å². The molecule has 0 aliphatic rings. The van der Waals surface area contributed by atoms with Gasteiger partial charge in [0.1, 0.15) is 11.4 Å². The summed E-state index contributed by atoms with van der Waals surface area (Å²) in [6.07, 6.45) is -9.42. The van der Waals surface area contributed by atoms with Crippen molar-refractivity contribution in [2.75, 3.05) is 13.2 Å². The highest BCUT2D eigenvalue weighted by Crippen LogP contribution is 2.56. The van der Waals surface area contributed by atoms with Gasteiger partial charge in [0.25, 0.3) is 0 Å². The molecule has 0 fully saturated rings. The number of nitrogens with one attached hydrogen (secondary N) is 1. The number of ether oxygens (including phenoxy) is 2. The molecule has 0 radical (unpaired) electrons. The predicted molar refractivity (Wildman–Crippen MR) is 178 cm³/mol. The molecule has 284 valence electrons. The second kappa shape index (κ2) is 16.3. The normalized spacial score (nSPS) is 14.6. The quantitative estimate of drug-likeness (QED) is 0.117. The summed E-state index contributed by atoms with van der Waals surface area (Å²) in [6, 6.07) is 8.17. The Balaban J connectivity index is 2.24. The molecule has 0 aromatic heterocycles. The fourth-order valence-electron chi connectivity index (χ4n) is 4.50. The van der Waals surface area contributed by atoms with E-state index in [0.29, 0.717) is 12.0 Å². The Morgan fingerprint density at radius 3 is 1.74 bits per heavy atom. The van der Waals surface area contributed by atoms with E-state index in [1.54, 1.807) is 69.2 Å². The van der Waals surface area contributed by atoms with Crippen LogP contribution in [-0.4, -0.2) is 41.6 Å². The fourth-order valence-corrected chi connectivity index (χ4v) is 6.43. The molecule has 0 aliphatic carbocycles.